The molecule has 1 aliphatic heterocycles. The van der Waals surface area contributed by atoms with E-state index in [0.29, 0.717) is 0 Å². The van der Waals surface area contributed by atoms with Gasteiger partial charge in [0.1, 0.15) is 15.9 Å². The van der Waals surface area contributed by atoms with Crippen molar-refractivity contribution in [3.8, 4) is 0 Å². The Hall–Kier alpha value is -1.54. The molecule has 1 fully saturated rings. The molecular formula is C15H14ClFN2O3S. The van der Waals surface area contributed by atoms with Crippen LogP contribution in [0, 0.1) is 5.82 Å². The van der Waals surface area contributed by atoms with Crippen LogP contribution in [-0.2, 0) is 14.8 Å². The summed E-state index contributed by atoms with van der Waals surface area (Å²) in [5.41, 5.74) is 0.737. The van der Waals surface area contributed by atoms with Crippen molar-refractivity contribution in [2.45, 2.75) is 11.0 Å². The Labute approximate surface area is 138 Å². The van der Waals surface area contributed by atoms with Crippen LogP contribution in [0.25, 0.3) is 0 Å². The number of hydrogen-bond acceptors (Lipinski definition) is 4. The first kappa shape index (κ1) is 16.3. The van der Waals surface area contributed by atoms with Gasteiger partial charge in [0.15, 0.2) is 0 Å². The summed E-state index contributed by atoms with van der Waals surface area (Å²) in [5, 5.41) is 0.232. The molecule has 1 aliphatic rings. The van der Waals surface area contributed by atoms with E-state index in [0.717, 1.165) is 5.56 Å². The molecule has 1 unspecified atom stereocenters. The van der Waals surface area contributed by atoms with Gasteiger partial charge in [-0.15, -0.1) is 0 Å². The van der Waals surface area contributed by atoms with Crippen molar-refractivity contribution in [1.29, 1.82) is 0 Å². The van der Waals surface area contributed by atoms with Crippen LogP contribution in [0.3, 0.4) is 0 Å². The van der Waals surface area contributed by atoms with Gasteiger partial charge in [-0.2, -0.15) is 4.31 Å². The van der Waals surface area contributed by atoms with E-state index in [9.17, 15) is 12.8 Å². The van der Waals surface area contributed by atoms with Crippen LogP contribution >= 0.6 is 11.6 Å². The fraction of sp³-hybridized carbons (Fsp3) is 0.267. The van der Waals surface area contributed by atoms with E-state index >= 15 is 0 Å². The summed E-state index contributed by atoms with van der Waals surface area (Å²) in [7, 11) is -3.67. The predicted octanol–water partition coefficient (Wildman–Crippen LogP) is 2.64. The molecule has 0 amide bonds. The second kappa shape index (κ2) is 6.52. The van der Waals surface area contributed by atoms with E-state index in [4.69, 9.17) is 16.3 Å². The maximum Gasteiger partial charge on any atom is 0.244 e. The second-order valence-electron chi connectivity index (χ2n) is 5.09. The Morgan fingerprint density at radius 1 is 1.22 bits per heavy atom. The zero-order chi connectivity index (χ0) is 16.4. The van der Waals surface area contributed by atoms with Crippen LogP contribution in [0.5, 0.6) is 0 Å². The first-order valence-corrected chi connectivity index (χ1v) is 8.77. The maximum atomic E-state index is 13.0. The predicted molar refractivity (Wildman–Crippen MR) is 83.1 cm³/mol. The lowest BCUT2D eigenvalue weighted by Gasteiger charge is -2.32. The highest BCUT2D eigenvalue weighted by Crippen LogP contribution is 2.26. The fourth-order valence-corrected chi connectivity index (χ4v) is 3.87. The summed E-state index contributed by atoms with van der Waals surface area (Å²) in [4.78, 5) is 3.90. The van der Waals surface area contributed by atoms with Gasteiger partial charge in [-0.3, -0.25) is 0 Å². The fourth-order valence-electron chi connectivity index (χ4n) is 2.39. The molecule has 2 heterocycles. The molecule has 8 heteroatoms. The van der Waals surface area contributed by atoms with Crippen LogP contribution in [0.1, 0.15) is 11.7 Å². The number of nitrogens with zero attached hydrogens (tertiary/aromatic N) is 2. The summed E-state index contributed by atoms with van der Waals surface area (Å²) in [6, 6.07) is 8.71. The number of sulfonamides is 1. The summed E-state index contributed by atoms with van der Waals surface area (Å²) in [5.74, 6) is -0.346. The van der Waals surface area contributed by atoms with Crippen LogP contribution < -0.4 is 0 Å². The van der Waals surface area contributed by atoms with Crippen molar-refractivity contribution < 1.29 is 17.5 Å². The number of benzene rings is 1. The average Bonchev–Trinajstić information content (AvgIpc) is 2.56. The van der Waals surface area contributed by atoms with Crippen molar-refractivity contribution in [1.82, 2.24) is 9.29 Å². The summed E-state index contributed by atoms with van der Waals surface area (Å²) in [6.07, 6.45) is 0.805. The molecule has 1 aromatic carbocycles. The van der Waals surface area contributed by atoms with E-state index in [1.807, 2.05) is 0 Å². The molecular weight excluding hydrogens is 343 g/mol. The Morgan fingerprint density at radius 3 is 2.61 bits per heavy atom. The van der Waals surface area contributed by atoms with Gasteiger partial charge in [0.2, 0.25) is 10.0 Å². The second-order valence-corrected chi connectivity index (χ2v) is 7.42. The van der Waals surface area contributed by atoms with E-state index < -0.39 is 16.1 Å². The number of halogens is 2. The van der Waals surface area contributed by atoms with Gasteiger partial charge >= 0.3 is 0 Å². The molecule has 1 atom stereocenters. The minimum absolute atomic E-state index is 0.0849. The SMILES string of the molecule is O=S(=O)(c1ccc(Cl)nc1)N1CCOC(c2ccc(F)cc2)C1. The summed E-state index contributed by atoms with van der Waals surface area (Å²) < 4.78 is 45.3. The first-order chi connectivity index (χ1) is 11.0. The van der Waals surface area contributed by atoms with Crippen LogP contribution in [0.15, 0.2) is 47.5 Å². The number of aromatic nitrogens is 1. The number of hydrogen-bond donors (Lipinski definition) is 0. The zero-order valence-electron chi connectivity index (χ0n) is 12.0. The van der Waals surface area contributed by atoms with E-state index in [-0.39, 0.29) is 35.6 Å². The molecule has 1 saturated heterocycles. The molecule has 122 valence electrons. The monoisotopic (exact) mass is 356 g/mol. The number of ether oxygens (including phenoxy) is 1. The summed E-state index contributed by atoms with van der Waals surface area (Å²) in [6.45, 7) is 0.682. The molecule has 3 rings (SSSR count). The van der Waals surface area contributed by atoms with Gasteiger partial charge in [0.05, 0.1) is 12.7 Å². The van der Waals surface area contributed by atoms with Gasteiger partial charge in [-0.25, -0.2) is 17.8 Å². The lowest BCUT2D eigenvalue weighted by atomic mass is 10.1. The number of pyridine rings is 1. The molecule has 5 nitrogen and oxygen atoms in total. The van der Waals surface area contributed by atoms with Crippen molar-refractivity contribution in [3.05, 3.63) is 59.1 Å². The van der Waals surface area contributed by atoms with Gasteiger partial charge in [0.25, 0.3) is 0 Å². The van der Waals surface area contributed by atoms with E-state index in [1.54, 1.807) is 12.1 Å². The van der Waals surface area contributed by atoms with Gasteiger partial charge < -0.3 is 4.74 Å². The van der Waals surface area contributed by atoms with Crippen molar-refractivity contribution in [2.75, 3.05) is 19.7 Å². The molecule has 23 heavy (non-hydrogen) atoms. The van der Waals surface area contributed by atoms with Crippen molar-refractivity contribution in [3.63, 3.8) is 0 Å². The zero-order valence-corrected chi connectivity index (χ0v) is 13.6. The quantitative estimate of drug-likeness (QED) is 0.793. The maximum absolute atomic E-state index is 13.0. The third-order valence-electron chi connectivity index (χ3n) is 3.61. The highest BCUT2D eigenvalue weighted by atomic mass is 35.5. The number of morpholine rings is 1. The topological polar surface area (TPSA) is 59.5 Å². The third kappa shape index (κ3) is 3.53. The molecule has 0 bridgehead atoms. The molecule has 0 saturated carbocycles. The Kier molecular flexibility index (Phi) is 4.63. The standard InChI is InChI=1S/C15H14ClFN2O3S/c16-15-6-5-13(9-18-15)23(20,21)19-7-8-22-14(10-19)11-1-3-12(17)4-2-11/h1-6,9,14H,7-8,10H2. The molecule has 0 radical (unpaired) electrons. The molecule has 0 aliphatic carbocycles. The Morgan fingerprint density at radius 2 is 1.96 bits per heavy atom. The summed E-state index contributed by atoms with van der Waals surface area (Å²) >= 11 is 5.69. The molecule has 0 spiro atoms. The lowest BCUT2D eigenvalue weighted by Crippen LogP contribution is -2.42. The molecule has 0 N–H and O–H groups in total. The first-order valence-electron chi connectivity index (χ1n) is 6.95. The smallest absolute Gasteiger partial charge is 0.244 e. The van der Waals surface area contributed by atoms with Crippen molar-refractivity contribution >= 4 is 21.6 Å². The third-order valence-corrected chi connectivity index (χ3v) is 5.68. The normalized spacial score (nSPS) is 19.7. The van der Waals surface area contributed by atoms with Gasteiger partial charge in [-0.05, 0) is 29.8 Å². The van der Waals surface area contributed by atoms with Crippen LogP contribution in [0.2, 0.25) is 5.15 Å². The average molecular weight is 357 g/mol. The minimum atomic E-state index is -3.67. The van der Waals surface area contributed by atoms with Gasteiger partial charge in [-0.1, -0.05) is 23.7 Å². The van der Waals surface area contributed by atoms with Crippen LogP contribution in [0.4, 0.5) is 4.39 Å². The van der Waals surface area contributed by atoms with Crippen LogP contribution in [-0.4, -0.2) is 37.4 Å². The minimum Gasteiger partial charge on any atom is -0.371 e. The highest BCUT2D eigenvalue weighted by molar-refractivity contribution is 7.89. The van der Waals surface area contributed by atoms with E-state index in [2.05, 4.69) is 4.98 Å². The van der Waals surface area contributed by atoms with E-state index in [1.165, 1.54) is 34.8 Å². The molecule has 2 aromatic rings. The highest BCUT2D eigenvalue weighted by Gasteiger charge is 2.31. The Balaban J connectivity index is 1.82. The van der Waals surface area contributed by atoms with Crippen molar-refractivity contribution in [2.24, 2.45) is 0 Å². The largest absolute Gasteiger partial charge is 0.371 e. The molecule has 1 aromatic heterocycles. The Bertz CT molecular complexity index is 781. The van der Waals surface area contributed by atoms with Gasteiger partial charge in [0, 0.05) is 19.3 Å². The number of rotatable bonds is 3. The lowest BCUT2D eigenvalue weighted by molar-refractivity contribution is -0.00259.